The fraction of sp³-hybridized carbons (Fsp3) is 0.850. The van der Waals surface area contributed by atoms with Crippen LogP contribution in [-0.4, -0.2) is 53.7 Å². The van der Waals surface area contributed by atoms with Gasteiger partial charge in [0.05, 0.1) is 6.04 Å². The van der Waals surface area contributed by atoms with Gasteiger partial charge in [-0.15, -0.1) is 12.4 Å². The lowest BCUT2D eigenvalue weighted by molar-refractivity contribution is -0.122. The summed E-state index contributed by atoms with van der Waals surface area (Å²) >= 11 is 0. The van der Waals surface area contributed by atoms with E-state index in [2.05, 4.69) is 27.7 Å². The second-order valence-electron chi connectivity index (χ2n) is 8.66. The number of rotatable bonds is 5. The normalized spacial score (nSPS) is 29.4. The molecule has 3 aliphatic rings. The lowest BCUT2D eigenvalue weighted by Crippen LogP contribution is -2.44. The van der Waals surface area contributed by atoms with Crippen molar-refractivity contribution >= 4 is 18.3 Å². The van der Waals surface area contributed by atoms with Crippen molar-refractivity contribution in [3.63, 3.8) is 0 Å². The molecule has 1 aliphatic heterocycles. The quantitative estimate of drug-likeness (QED) is 0.775. The smallest absolute Gasteiger partial charge is 0.229 e. The highest BCUT2D eigenvalue weighted by atomic mass is 35.5. The van der Waals surface area contributed by atoms with E-state index < -0.39 is 0 Å². The van der Waals surface area contributed by atoms with Crippen molar-refractivity contribution in [1.82, 2.24) is 25.7 Å². The molecule has 0 aromatic carbocycles. The summed E-state index contributed by atoms with van der Waals surface area (Å²) in [6, 6.07) is 0.508. The number of carbonyl (C=O) groups excluding carboxylic acids is 1. The summed E-state index contributed by atoms with van der Waals surface area (Å²) in [6.45, 7) is 2.88. The first-order chi connectivity index (χ1) is 13.2. The molecule has 2 saturated carbocycles. The maximum Gasteiger partial charge on any atom is 0.229 e. The summed E-state index contributed by atoms with van der Waals surface area (Å²) in [5, 5.41) is 10.9. The van der Waals surface area contributed by atoms with Crippen molar-refractivity contribution in [2.24, 2.45) is 5.92 Å². The molecule has 28 heavy (non-hydrogen) atoms. The molecule has 7 nitrogen and oxygen atoms in total. The minimum Gasteiger partial charge on any atom is -0.353 e. The van der Waals surface area contributed by atoms with Crippen LogP contribution in [0.2, 0.25) is 0 Å². The van der Waals surface area contributed by atoms with E-state index in [0.717, 1.165) is 63.5 Å². The van der Waals surface area contributed by atoms with Crippen LogP contribution in [0.15, 0.2) is 4.52 Å². The maximum absolute atomic E-state index is 12.3. The van der Waals surface area contributed by atoms with Crippen molar-refractivity contribution in [3.8, 4) is 0 Å². The summed E-state index contributed by atoms with van der Waals surface area (Å²) in [4.78, 5) is 19.3. The number of nitrogens with one attached hydrogen (secondary N) is 2. The molecule has 1 aromatic rings. The first-order valence-corrected chi connectivity index (χ1v) is 10.7. The van der Waals surface area contributed by atoms with Crippen LogP contribution in [0.25, 0.3) is 0 Å². The molecular weight excluding hydrogens is 378 g/mol. The molecule has 8 heteroatoms. The predicted molar refractivity (Wildman–Crippen MR) is 110 cm³/mol. The molecule has 1 aromatic heterocycles. The van der Waals surface area contributed by atoms with Crippen molar-refractivity contribution in [2.75, 3.05) is 26.7 Å². The van der Waals surface area contributed by atoms with Gasteiger partial charge < -0.3 is 15.2 Å². The molecule has 2 heterocycles. The van der Waals surface area contributed by atoms with Gasteiger partial charge >= 0.3 is 0 Å². The van der Waals surface area contributed by atoms with Crippen LogP contribution < -0.4 is 10.6 Å². The Morgan fingerprint density at radius 3 is 2.68 bits per heavy atom. The number of aromatic nitrogens is 2. The van der Waals surface area contributed by atoms with Gasteiger partial charge in [-0.25, -0.2) is 0 Å². The molecule has 1 saturated heterocycles. The Morgan fingerprint density at radius 1 is 1.21 bits per heavy atom. The summed E-state index contributed by atoms with van der Waals surface area (Å²) in [5.74, 6) is 2.77. The molecule has 0 bridgehead atoms. The van der Waals surface area contributed by atoms with Gasteiger partial charge in [0.15, 0.2) is 5.82 Å². The highest BCUT2D eigenvalue weighted by molar-refractivity contribution is 5.85. The summed E-state index contributed by atoms with van der Waals surface area (Å²) in [7, 11) is 2.11. The van der Waals surface area contributed by atoms with E-state index in [1.165, 1.54) is 25.7 Å². The molecule has 0 radical (unpaired) electrons. The molecule has 1 atom stereocenters. The second-order valence-corrected chi connectivity index (χ2v) is 8.66. The molecule has 1 amide bonds. The third kappa shape index (κ3) is 5.24. The first-order valence-electron chi connectivity index (χ1n) is 10.7. The Hall–Kier alpha value is -1.18. The van der Waals surface area contributed by atoms with Gasteiger partial charge in [-0.05, 0) is 51.5 Å². The molecule has 4 rings (SSSR count). The number of hydrogen-bond donors (Lipinski definition) is 2. The van der Waals surface area contributed by atoms with Crippen LogP contribution in [-0.2, 0) is 4.79 Å². The van der Waals surface area contributed by atoms with E-state index in [9.17, 15) is 4.79 Å². The standard InChI is InChI=1S/C20H33N5O2.ClH/c1-25-11-10-21-13-17(25)19-23-20(27-24-19)15-6-8-16(9-7-15)22-18(26)12-14-4-2-3-5-14;/h14-17,21H,2-13H2,1H3,(H,22,26);1H. The predicted octanol–water partition coefficient (Wildman–Crippen LogP) is 2.79. The number of hydrogen-bond acceptors (Lipinski definition) is 6. The lowest BCUT2D eigenvalue weighted by Gasteiger charge is -2.30. The van der Waals surface area contributed by atoms with Crippen molar-refractivity contribution in [3.05, 3.63) is 11.7 Å². The first kappa shape index (κ1) is 21.5. The molecule has 2 aliphatic carbocycles. The Labute approximate surface area is 173 Å². The van der Waals surface area contributed by atoms with E-state index in [1.54, 1.807) is 0 Å². The average molecular weight is 412 g/mol. The fourth-order valence-corrected chi connectivity index (χ4v) is 4.89. The van der Waals surface area contributed by atoms with E-state index in [1.807, 2.05) is 0 Å². The summed E-state index contributed by atoms with van der Waals surface area (Å²) in [5.41, 5.74) is 0. The van der Waals surface area contributed by atoms with Crippen molar-refractivity contribution in [1.29, 1.82) is 0 Å². The zero-order valence-corrected chi connectivity index (χ0v) is 17.7. The van der Waals surface area contributed by atoms with Crippen LogP contribution >= 0.6 is 12.4 Å². The number of halogens is 1. The van der Waals surface area contributed by atoms with Crippen molar-refractivity contribution < 1.29 is 9.32 Å². The number of carbonyl (C=O) groups is 1. The van der Waals surface area contributed by atoms with Gasteiger partial charge in [0, 0.05) is 38.0 Å². The molecule has 158 valence electrons. The Kier molecular flexibility index (Phi) is 7.71. The monoisotopic (exact) mass is 411 g/mol. The minimum atomic E-state index is 0. The van der Waals surface area contributed by atoms with Gasteiger partial charge in [-0.1, -0.05) is 18.0 Å². The Bertz CT molecular complexity index is 626. The van der Waals surface area contributed by atoms with E-state index in [-0.39, 0.29) is 24.4 Å². The SMILES string of the molecule is CN1CCNCC1c1noc(C2CCC(NC(=O)CC3CCCC3)CC2)n1.Cl. The Balaban J connectivity index is 0.00000225. The summed E-state index contributed by atoms with van der Waals surface area (Å²) in [6.07, 6.45) is 9.79. The van der Waals surface area contributed by atoms with Gasteiger partial charge in [0.25, 0.3) is 0 Å². The van der Waals surface area contributed by atoms with Crippen LogP contribution in [0.4, 0.5) is 0 Å². The highest BCUT2D eigenvalue weighted by Gasteiger charge is 2.30. The lowest BCUT2D eigenvalue weighted by atomic mass is 9.85. The number of amides is 1. The number of likely N-dealkylation sites (N-methyl/N-ethyl adjacent to an activating group) is 1. The van der Waals surface area contributed by atoms with Crippen LogP contribution in [0.1, 0.15) is 81.5 Å². The van der Waals surface area contributed by atoms with Gasteiger partial charge in [0.1, 0.15) is 0 Å². The van der Waals surface area contributed by atoms with Crippen LogP contribution in [0.5, 0.6) is 0 Å². The largest absolute Gasteiger partial charge is 0.353 e. The number of nitrogens with zero attached hydrogens (tertiary/aromatic N) is 3. The number of piperazine rings is 1. The van der Waals surface area contributed by atoms with E-state index in [0.29, 0.717) is 17.9 Å². The topological polar surface area (TPSA) is 83.3 Å². The van der Waals surface area contributed by atoms with E-state index in [4.69, 9.17) is 9.51 Å². The molecule has 0 spiro atoms. The zero-order valence-electron chi connectivity index (χ0n) is 16.9. The third-order valence-corrected chi connectivity index (χ3v) is 6.66. The minimum absolute atomic E-state index is 0. The molecule has 3 fully saturated rings. The van der Waals surface area contributed by atoms with Crippen LogP contribution in [0, 0.1) is 5.92 Å². The van der Waals surface area contributed by atoms with Crippen LogP contribution in [0.3, 0.4) is 0 Å². The van der Waals surface area contributed by atoms with Gasteiger partial charge in [-0.3, -0.25) is 9.69 Å². The zero-order chi connectivity index (χ0) is 18.6. The fourth-order valence-electron chi connectivity index (χ4n) is 4.89. The molecule has 2 N–H and O–H groups in total. The Morgan fingerprint density at radius 2 is 1.96 bits per heavy atom. The van der Waals surface area contributed by atoms with Crippen molar-refractivity contribution in [2.45, 2.75) is 75.8 Å². The molecular formula is C20H34ClN5O2. The van der Waals surface area contributed by atoms with E-state index >= 15 is 0 Å². The summed E-state index contributed by atoms with van der Waals surface area (Å²) < 4.78 is 5.61. The molecule has 1 unspecified atom stereocenters. The highest BCUT2D eigenvalue weighted by Crippen LogP contribution is 2.33. The maximum atomic E-state index is 12.3. The average Bonchev–Trinajstić information content (AvgIpc) is 3.35. The van der Waals surface area contributed by atoms with Gasteiger partial charge in [-0.2, -0.15) is 4.98 Å². The third-order valence-electron chi connectivity index (χ3n) is 6.66. The van der Waals surface area contributed by atoms with Gasteiger partial charge in [0.2, 0.25) is 11.8 Å². The second kappa shape index (κ2) is 10.0.